The first-order valence-corrected chi connectivity index (χ1v) is 8.56. The van der Waals surface area contributed by atoms with Gasteiger partial charge in [-0.25, -0.2) is 19.2 Å². The molecule has 0 unspecified atom stereocenters. The first-order valence-electron chi connectivity index (χ1n) is 8.18. The van der Waals surface area contributed by atoms with Crippen molar-refractivity contribution in [2.24, 2.45) is 0 Å². The molecule has 0 atom stereocenters. The topological polar surface area (TPSA) is 55.3 Å². The van der Waals surface area contributed by atoms with Gasteiger partial charge in [0.25, 0.3) is 0 Å². The molecule has 3 rings (SSSR count). The number of nitrogens with zero attached hydrogens (tertiary/aromatic N) is 3. The highest BCUT2D eigenvalue weighted by molar-refractivity contribution is 6.35. The van der Waals surface area contributed by atoms with Gasteiger partial charge in [-0.3, -0.25) is 0 Å². The van der Waals surface area contributed by atoms with E-state index in [2.05, 4.69) is 9.97 Å². The minimum absolute atomic E-state index is 0.0913. The van der Waals surface area contributed by atoms with Gasteiger partial charge in [-0.1, -0.05) is 23.7 Å². The average molecular weight is 364 g/mol. The van der Waals surface area contributed by atoms with Crippen molar-refractivity contribution in [2.45, 2.75) is 32.2 Å². The molecule has 5 nitrogen and oxygen atoms in total. The Labute approximate surface area is 150 Å². The Morgan fingerprint density at radius 1 is 1.32 bits per heavy atom. The SMILES string of the molecule is CCN(Cc1ccc(F)cc1)c1nc(C2CC2)nc(C(=O)OC)c1Cl. The Kier molecular flexibility index (Phi) is 5.18. The number of aromatic nitrogens is 2. The van der Waals surface area contributed by atoms with E-state index in [9.17, 15) is 9.18 Å². The maximum atomic E-state index is 13.1. The predicted molar refractivity (Wildman–Crippen MR) is 93.5 cm³/mol. The molecule has 25 heavy (non-hydrogen) atoms. The number of hydrogen-bond acceptors (Lipinski definition) is 5. The van der Waals surface area contributed by atoms with Crippen LogP contribution in [0.2, 0.25) is 5.02 Å². The second-order valence-corrected chi connectivity index (χ2v) is 6.35. The van der Waals surface area contributed by atoms with E-state index in [1.54, 1.807) is 12.1 Å². The maximum Gasteiger partial charge on any atom is 0.358 e. The summed E-state index contributed by atoms with van der Waals surface area (Å²) >= 11 is 6.42. The number of halogens is 2. The van der Waals surface area contributed by atoms with Crippen LogP contribution < -0.4 is 4.90 Å². The van der Waals surface area contributed by atoms with Gasteiger partial charge in [-0.2, -0.15) is 0 Å². The largest absolute Gasteiger partial charge is 0.464 e. The van der Waals surface area contributed by atoms with E-state index in [-0.39, 0.29) is 22.5 Å². The fourth-order valence-corrected chi connectivity index (χ4v) is 2.85. The monoisotopic (exact) mass is 363 g/mol. The lowest BCUT2D eigenvalue weighted by atomic mass is 10.2. The standard InChI is InChI=1S/C18H19ClFN3O2/c1-3-23(10-11-4-8-13(20)9-5-11)17-14(19)15(18(24)25-2)21-16(22-17)12-6-7-12/h4-5,8-9,12H,3,6-7,10H2,1-2H3. The van der Waals surface area contributed by atoms with Crippen LogP contribution in [0.25, 0.3) is 0 Å². The minimum atomic E-state index is -0.576. The van der Waals surface area contributed by atoms with Crippen LogP contribution in [0.15, 0.2) is 24.3 Å². The molecular formula is C18H19ClFN3O2. The van der Waals surface area contributed by atoms with Crippen LogP contribution >= 0.6 is 11.6 Å². The number of carbonyl (C=O) groups excluding carboxylic acids is 1. The third-order valence-electron chi connectivity index (χ3n) is 4.14. The lowest BCUT2D eigenvalue weighted by Gasteiger charge is -2.24. The summed E-state index contributed by atoms with van der Waals surface area (Å²) in [5.41, 5.74) is 1.01. The molecule has 0 bridgehead atoms. The summed E-state index contributed by atoms with van der Waals surface area (Å²) in [6.45, 7) is 3.09. The molecule has 0 N–H and O–H groups in total. The number of esters is 1. The highest BCUT2D eigenvalue weighted by atomic mass is 35.5. The fraction of sp³-hybridized carbons (Fsp3) is 0.389. The molecule has 1 aliphatic carbocycles. The molecule has 132 valence electrons. The van der Waals surface area contributed by atoms with E-state index in [4.69, 9.17) is 16.3 Å². The fourth-order valence-electron chi connectivity index (χ4n) is 2.56. The van der Waals surface area contributed by atoms with Crippen molar-refractivity contribution >= 4 is 23.4 Å². The van der Waals surface area contributed by atoms with Gasteiger partial charge in [0.2, 0.25) is 0 Å². The lowest BCUT2D eigenvalue weighted by Crippen LogP contribution is -2.25. The number of rotatable bonds is 6. The van der Waals surface area contributed by atoms with E-state index in [0.717, 1.165) is 18.4 Å². The van der Waals surface area contributed by atoms with Gasteiger partial charge in [0.15, 0.2) is 11.5 Å². The summed E-state index contributed by atoms with van der Waals surface area (Å²) in [4.78, 5) is 22.9. The molecule has 1 heterocycles. The first kappa shape index (κ1) is 17.6. The van der Waals surface area contributed by atoms with Crippen LogP contribution in [0, 0.1) is 5.82 Å². The molecule has 0 saturated heterocycles. The van der Waals surface area contributed by atoms with Crippen LogP contribution in [-0.4, -0.2) is 29.6 Å². The molecule has 1 aliphatic rings. The van der Waals surface area contributed by atoms with E-state index in [1.807, 2.05) is 11.8 Å². The summed E-state index contributed by atoms with van der Waals surface area (Å²) in [6.07, 6.45) is 2.01. The molecule has 0 radical (unpaired) electrons. The van der Waals surface area contributed by atoms with Gasteiger partial charge >= 0.3 is 5.97 Å². The van der Waals surface area contributed by atoms with Gasteiger partial charge in [0, 0.05) is 19.0 Å². The number of hydrogen-bond donors (Lipinski definition) is 0. The molecule has 2 aromatic rings. The van der Waals surface area contributed by atoms with Crippen molar-refractivity contribution < 1.29 is 13.9 Å². The Bertz CT molecular complexity index is 779. The van der Waals surface area contributed by atoms with Crippen LogP contribution in [0.3, 0.4) is 0 Å². The van der Waals surface area contributed by atoms with Crippen molar-refractivity contribution in [3.63, 3.8) is 0 Å². The molecule has 1 saturated carbocycles. The normalized spacial score (nSPS) is 13.6. The van der Waals surface area contributed by atoms with Crippen LogP contribution in [0.5, 0.6) is 0 Å². The van der Waals surface area contributed by atoms with Crippen molar-refractivity contribution in [3.05, 3.63) is 52.2 Å². The van der Waals surface area contributed by atoms with E-state index in [1.165, 1.54) is 19.2 Å². The molecule has 0 amide bonds. The van der Waals surface area contributed by atoms with Gasteiger partial charge in [-0.15, -0.1) is 0 Å². The van der Waals surface area contributed by atoms with Gasteiger partial charge in [-0.05, 0) is 37.5 Å². The molecule has 0 spiro atoms. The molecule has 0 aliphatic heterocycles. The smallest absolute Gasteiger partial charge is 0.358 e. The zero-order chi connectivity index (χ0) is 18.0. The number of anilines is 1. The molecular weight excluding hydrogens is 345 g/mol. The third kappa shape index (κ3) is 3.90. The Morgan fingerprint density at radius 3 is 2.56 bits per heavy atom. The number of ether oxygens (including phenoxy) is 1. The Morgan fingerprint density at radius 2 is 2.00 bits per heavy atom. The second-order valence-electron chi connectivity index (χ2n) is 5.97. The lowest BCUT2D eigenvalue weighted by molar-refractivity contribution is 0.0593. The van der Waals surface area contributed by atoms with Crippen molar-refractivity contribution in [1.29, 1.82) is 0 Å². The minimum Gasteiger partial charge on any atom is -0.464 e. The Hall–Kier alpha value is -2.21. The molecule has 7 heteroatoms. The quantitative estimate of drug-likeness (QED) is 0.727. The molecule has 1 fully saturated rings. The van der Waals surface area contributed by atoms with Gasteiger partial charge in [0.05, 0.1) is 7.11 Å². The van der Waals surface area contributed by atoms with Crippen LogP contribution in [0.1, 0.15) is 47.6 Å². The van der Waals surface area contributed by atoms with E-state index in [0.29, 0.717) is 24.7 Å². The van der Waals surface area contributed by atoms with Gasteiger partial charge < -0.3 is 9.64 Å². The summed E-state index contributed by atoms with van der Waals surface area (Å²) in [7, 11) is 1.30. The summed E-state index contributed by atoms with van der Waals surface area (Å²) < 4.78 is 17.9. The molecule has 1 aromatic heterocycles. The average Bonchev–Trinajstić information content (AvgIpc) is 3.46. The zero-order valence-corrected chi connectivity index (χ0v) is 14.9. The number of carbonyl (C=O) groups is 1. The summed E-state index contributed by atoms with van der Waals surface area (Å²) in [5, 5.41) is 0.181. The van der Waals surface area contributed by atoms with Crippen molar-refractivity contribution in [2.75, 3.05) is 18.6 Å². The molecule has 1 aromatic carbocycles. The van der Waals surface area contributed by atoms with Crippen LogP contribution in [0.4, 0.5) is 10.2 Å². The van der Waals surface area contributed by atoms with Gasteiger partial charge in [0.1, 0.15) is 16.7 Å². The van der Waals surface area contributed by atoms with Crippen molar-refractivity contribution in [3.8, 4) is 0 Å². The zero-order valence-electron chi connectivity index (χ0n) is 14.1. The van der Waals surface area contributed by atoms with E-state index >= 15 is 0 Å². The second kappa shape index (κ2) is 7.35. The summed E-state index contributed by atoms with van der Waals surface area (Å²) in [6, 6.07) is 6.27. The third-order valence-corrected chi connectivity index (χ3v) is 4.49. The predicted octanol–water partition coefficient (Wildman–Crippen LogP) is 3.96. The number of benzene rings is 1. The highest BCUT2D eigenvalue weighted by Gasteiger charge is 2.31. The maximum absolute atomic E-state index is 13.1. The van der Waals surface area contributed by atoms with Crippen molar-refractivity contribution in [1.82, 2.24) is 9.97 Å². The Balaban J connectivity index is 1.98. The first-order chi connectivity index (χ1) is 12.0. The van der Waals surface area contributed by atoms with E-state index < -0.39 is 5.97 Å². The highest BCUT2D eigenvalue weighted by Crippen LogP contribution is 2.40. The number of methoxy groups -OCH3 is 1. The van der Waals surface area contributed by atoms with Crippen LogP contribution in [-0.2, 0) is 11.3 Å². The summed E-state index contributed by atoms with van der Waals surface area (Å²) in [5.74, 6) is 0.538.